The van der Waals surface area contributed by atoms with E-state index in [-0.39, 0.29) is 18.3 Å². The summed E-state index contributed by atoms with van der Waals surface area (Å²) >= 11 is 5.98. The number of rotatable bonds is 10. The molecule has 0 saturated carbocycles. The first kappa shape index (κ1) is 22.9. The quantitative estimate of drug-likeness (QED) is 0.336. The predicted molar refractivity (Wildman–Crippen MR) is 130 cm³/mol. The van der Waals surface area contributed by atoms with Crippen molar-refractivity contribution in [3.8, 4) is 5.75 Å². The molecule has 172 valence electrons. The molecule has 0 radical (unpaired) electrons. The summed E-state index contributed by atoms with van der Waals surface area (Å²) in [5.41, 5.74) is 1.82. The number of ether oxygens (including phenoxy) is 1. The maximum absolute atomic E-state index is 12.9. The van der Waals surface area contributed by atoms with Crippen LogP contribution in [0, 0.1) is 0 Å². The van der Waals surface area contributed by atoms with Crippen molar-refractivity contribution in [1.82, 2.24) is 14.5 Å². The molecular weight excluding hydrogens is 440 g/mol. The van der Waals surface area contributed by atoms with Crippen LogP contribution in [0.25, 0.3) is 11.0 Å². The van der Waals surface area contributed by atoms with E-state index in [1.165, 1.54) is 0 Å². The lowest BCUT2D eigenvalue weighted by molar-refractivity contribution is 0.0991. The Bertz CT molecular complexity index is 1230. The largest absolute Gasteiger partial charge is 0.486 e. The standard InChI is InChI=1S/C25H27ClN4O3/c1-3-29(4-2)14-15-30-22-11-6-5-10-21(22)27-25(30)28-24(31)23-13-12-20(33-23)17-32-19-9-7-8-18(26)16-19/h5-13,16H,3-4,14-15,17H2,1-2H3,(H,27,28,31). The van der Waals surface area contributed by atoms with Crippen molar-refractivity contribution in [2.45, 2.75) is 27.0 Å². The third kappa shape index (κ3) is 5.56. The normalized spacial score (nSPS) is 11.3. The topological polar surface area (TPSA) is 72.5 Å². The van der Waals surface area contributed by atoms with Crippen LogP contribution in [0.4, 0.5) is 5.95 Å². The third-order valence-electron chi connectivity index (χ3n) is 5.48. The molecule has 0 bridgehead atoms. The average Bonchev–Trinajstić information content (AvgIpc) is 3.43. The van der Waals surface area contributed by atoms with Gasteiger partial charge >= 0.3 is 0 Å². The minimum Gasteiger partial charge on any atom is -0.486 e. The summed E-state index contributed by atoms with van der Waals surface area (Å²) in [7, 11) is 0. The Hall–Kier alpha value is -3.29. The van der Waals surface area contributed by atoms with Gasteiger partial charge in [0.2, 0.25) is 5.95 Å². The maximum atomic E-state index is 12.9. The smallest absolute Gasteiger partial charge is 0.293 e. The molecule has 0 unspecified atom stereocenters. The van der Waals surface area contributed by atoms with E-state index in [0.717, 1.165) is 30.7 Å². The SMILES string of the molecule is CCN(CC)CCn1c(NC(=O)c2ccc(COc3cccc(Cl)c3)o2)nc2ccccc21. The zero-order chi connectivity index (χ0) is 23.2. The number of para-hydroxylation sites is 2. The number of aromatic nitrogens is 2. The van der Waals surface area contributed by atoms with Crippen LogP contribution in [0.1, 0.15) is 30.2 Å². The molecular formula is C25H27ClN4O3. The average molecular weight is 467 g/mol. The number of hydrogen-bond acceptors (Lipinski definition) is 5. The van der Waals surface area contributed by atoms with Gasteiger partial charge in [-0.25, -0.2) is 4.98 Å². The molecule has 0 atom stereocenters. The van der Waals surface area contributed by atoms with Crippen molar-refractivity contribution in [2.24, 2.45) is 0 Å². The molecule has 7 nitrogen and oxygen atoms in total. The van der Waals surface area contributed by atoms with Gasteiger partial charge in [-0.3, -0.25) is 10.1 Å². The van der Waals surface area contributed by atoms with E-state index in [1.807, 2.05) is 41.0 Å². The Morgan fingerprint density at radius 2 is 1.94 bits per heavy atom. The number of carbonyl (C=O) groups excluding carboxylic acids is 1. The van der Waals surface area contributed by atoms with Gasteiger partial charge in [0.05, 0.1) is 11.0 Å². The number of carbonyl (C=O) groups is 1. The Balaban J connectivity index is 1.47. The zero-order valence-corrected chi connectivity index (χ0v) is 19.5. The molecule has 0 aliphatic heterocycles. The summed E-state index contributed by atoms with van der Waals surface area (Å²) in [6.07, 6.45) is 0. The summed E-state index contributed by atoms with van der Waals surface area (Å²) in [6, 6.07) is 18.3. The van der Waals surface area contributed by atoms with E-state index < -0.39 is 0 Å². The van der Waals surface area contributed by atoms with E-state index in [2.05, 4.69) is 29.0 Å². The fourth-order valence-electron chi connectivity index (χ4n) is 3.63. The lowest BCUT2D eigenvalue weighted by atomic mass is 10.3. The lowest BCUT2D eigenvalue weighted by Crippen LogP contribution is -2.27. The second-order valence-electron chi connectivity index (χ2n) is 7.57. The van der Waals surface area contributed by atoms with E-state index in [9.17, 15) is 4.79 Å². The maximum Gasteiger partial charge on any atom is 0.293 e. The summed E-state index contributed by atoms with van der Waals surface area (Å²) in [4.78, 5) is 19.9. The Morgan fingerprint density at radius 1 is 1.12 bits per heavy atom. The van der Waals surface area contributed by atoms with E-state index in [0.29, 0.717) is 29.0 Å². The first-order chi connectivity index (χ1) is 16.1. The highest BCUT2D eigenvalue weighted by Crippen LogP contribution is 2.22. The molecule has 1 amide bonds. The first-order valence-electron chi connectivity index (χ1n) is 11.0. The number of amides is 1. The van der Waals surface area contributed by atoms with Crippen LogP contribution in [0.3, 0.4) is 0 Å². The number of furan rings is 1. The van der Waals surface area contributed by atoms with Crippen LogP contribution in [0.15, 0.2) is 65.1 Å². The predicted octanol–water partition coefficient (Wildman–Crippen LogP) is 5.46. The second kappa shape index (κ2) is 10.6. The van der Waals surface area contributed by atoms with Gasteiger partial charge in [-0.15, -0.1) is 0 Å². The molecule has 2 aromatic heterocycles. The number of imidazole rings is 1. The van der Waals surface area contributed by atoms with Crippen LogP contribution in [0.2, 0.25) is 5.02 Å². The van der Waals surface area contributed by atoms with Gasteiger partial charge < -0.3 is 18.6 Å². The molecule has 2 heterocycles. The van der Waals surface area contributed by atoms with Gasteiger partial charge in [-0.1, -0.05) is 43.6 Å². The van der Waals surface area contributed by atoms with Crippen LogP contribution in [-0.2, 0) is 13.2 Å². The minimum absolute atomic E-state index is 0.190. The third-order valence-corrected chi connectivity index (χ3v) is 5.71. The molecule has 4 rings (SSSR count). The molecule has 33 heavy (non-hydrogen) atoms. The summed E-state index contributed by atoms with van der Waals surface area (Å²) in [5.74, 6) is 1.51. The van der Waals surface area contributed by atoms with E-state index >= 15 is 0 Å². The van der Waals surface area contributed by atoms with Crippen LogP contribution < -0.4 is 10.1 Å². The minimum atomic E-state index is -0.358. The molecule has 4 aromatic rings. The molecule has 0 spiro atoms. The van der Waals surface area contributed by atoms with Crippen molar-refractivity contribution in [2.75, 3.05) is 25.0 Å². The number of anilines is 1. The molecule has 8 heteroatoms. The van der Waals surface area contributed by atoms with Gasteiger partial charge in [0.25, 0.3) is 5.91 Å². The number of nitrogens with one attached hydrogen (secondary N) is 1. The van der Waals surface area contributed by atoms with Gasteiger partial charge in [-0.2, -0.15) is 0 Å². The number of fused-ring (bicyclic) bond motifs is 1. The number of likely N-dealkylation sites (N-methyl/N-ethyl adjacent to an activating group) is 1. The molecule has 0 aliphatic rings. The monoisotopic (exact) mass is 466 g/mol. The molecule has 1 N–H and O–H groups in total. The van der Waals surface area contributed by atoms with E-state index in [4.69, 9.17) is 20.8 Å². The van der Waals surface area contributed by atoms with Crippen LogP contribution >= 0.6 is 11.6 Å². The van der Waals surface area contributed by atoms with Crippen molar-refractivity contribution in [1.29, 1.82) is 0 Å². The zero-order valence-electron chi connectivity index (χ0n) is 18.8. The highest BCUT2D eigenvalue weighted by Gasteiger charge is 2.17. The van der Waals surface area contributed by atoms with Gasteiger partial charge in [0, 0.05) is 18.1 Å². The molecule has 0 aliphatic carbocycles. The number of benzene rings is 2. The summed E-state index contributed by atoms with van der Waals surface area (Å²) in [5, 5.41) is 3.51. The first-order valence-corrected chi connectivity index (χ1v) is 11.4. The fraction of sp³-hybridized carbons (Fsp3) is 0.280. The number of halogens is 1. The Labute approximate surface area is 197 Å². The second-order valence-corrected chi connectivity index (χ2v) is 8.01. The van der Waals surface area contributed by atoms with Gasteiger partial charge in [0.1, 0.15) is 18.1 Å². The highest BCUT2D eigenvalue weighted by molar-refractivity contribution is 6.30. The highest BCUT2D eigenvalue weighted by atomic mass is 35.5. The van der Waals surface area contributed by atoms with Gasteiger partial charge in [-0.05, 0) is 55.6 Å². The van der Waals surface area contributed by atoms with Crippen molar-refractivity contribution >= 4 is 34.5 Å². The Kier molecular flexibility index (Phi) is 7.32. The van der Waals surface area contributed by atoms with Crippen LogP contribution in [-0.4, -0.2) is 40.0 Å². The van der Waals surface area contributed by atoms with Crippen LogP contribution in [0.5, 0.6) is 5.75 Å². The number of nitrogens with zero attached hydrogens (tertiary/aromatic N) is 3. The Morgan fingerprint density at radius 3 is 2.73 bits per heavy atom. The molecule has 0 saturated heterocycles. The van der Waals surface area contributed by atoms with Crippen molar-refractivity contribution < 1.29 is 13.9 Å². The van der Waals surface area contributed by atoms with Gasteiger partial charge in [0.15, 0.2) is 5.76 Å². The summed E-state index contributed by atoms with van der Waals surface area (Å²) in [6.45, 7) is 7.99. The van der Waals surface area contributed by atoms with E-state index in [1.54, 1.807) is 24.3 Å². The fourth-order valence-corrected chi connectivity index (χ4v) is 3.81. The van der Waals surface area contributed by atoms with Crippen molar-refractivity contribution in [3.05, 3.63) is 77.2 Å². The molecule has 2 aromatic carbocycles. The number of hydrogen-bond donors (Lipinski definition) is 1. The lowest BCUT2D eigenvalue weighted by Gasteiger charge is -2.19. The molecule has 0 fully saturated rings. The summed E-state index contributed by atoms with van der Waals surface area (Å²) < 4.78 is 13.4. The van der Waals surface area contributed by atoms with Crippen molar-refractivity contribution in [3.63, 3.8) is 0 Å².